The van der Waals surface area contributed by atoms with Crippen LogP contribution in [0, 0.1) is 6.92 Å². The van der Waals surface area contributed by atoms with Crippen LogP contribution in [-0.4, -0.2) is 28.0 Å². The maximum atomic E-state index is 11.5. The predicted octanol–water partition coefficient (Wildman–Crippen LogP) is 2.90. The molecule has 0 aliphatic rings. The van der Waals surface area contributed by atoms with Crippen LogP contribution < -0.4 is 20.5 Å². The van der Waals surface area contributed by atoms with Crippen molar-refractivity contribution in [2.24, 2.45) is 5.10 Å². The van der Waals surface area contributed by atoms with E-state index in [-0.39, 0.29) is 11.5 Å². The molecule has 1 aromatic heterocycles. The van der Waals surface area contributed by atoms with Gasteiger partial charge in [0.05, 0.1) is 12.8 Å². The SMILES string of the molecule is CCOc1cc(/C=N\Nc2nnc(C)c(=O)[nH]2)ccc1OCc1ccccc1. The van der Waals surface area contributed by atoms with E-state index in [4.69, 9.17) is 9.47 Å². The summed E-state index contributed by atoms with van der Waals surface area (Å²) in [6, 6.07) is 15.4. The van der Waals surface area contributed by atoms with E-state index < -0.39 is 0 Å². The molecule has 0 saturated heterocycles. The Bertz CT molecular complexity index is 1000. The fourth-order valence-corrected chi connectivity index (χ4v) is 2.34. The Balaban J connectivity index is 1.68. The van der Waals surface area contributed by atoms with E-state index in [1.54, 1.807) is 13.1 Å². The van der Waals surface area contributed by atoms with Crippen molar-refractivity contribution in [2.75, 3.05) is 12.0 Å². The molecule has 2 aromatic carbocycles. The first kappa shape index (κ1) is 19.1. The van der Waals surface area contributed by atoms with Crippen LogP contribution in [0.1, 0.15) is 23.7 Å². The Morgan fingerprint density at radius 2 is 1.93 bits per heavy atom. The zero-order chi connectivity index (χ0) is 19.8. The number of H-pyrrole nitrogens is 1. The van der Waals surface area contributed by atoms with Crippen LogP contribution in [0.15, 0.2) is 58.4 Å². The summed E-state index contributed by atoms with van der Waals surface area (Å²) in [5.41, 5.74) is 4.50. The number of ether oxygens (including phenoxy) is 2. The van der Waals surface area contributed by atoms with Crippen LogP contribution in [0.25, 0.3) is 0 Å². The summed E-state index contributed by atoms with van der Waals surface area (Å²) in [5, 5.41) is 11.6. The van der Waals surface area contributed by atoms with Gasteiger partial charge >= 0.3 is 0 Å². The predicted molar refractivity (Wildman–Crippen MR) is 107 cm³/mol. The molecule has 3 rings (SSSR count). The molecule has 144 valence electrons. The fraction of sp³-hybridized carbons (Fsp3) is 0.200. The Labute approximate surface area is 162 Å². The van der Waals surface area contributed by atoms with Crippen LogP contribution in [0.4, 0.5) is 5.95 Å². The van der Waals surface area contributed by atoms with Gasteiger partial charge in [-0.2, -0.15) is 5.10 Å². The van der Waals surface area contributed by atoms with Crippen LogP contribution in [0.2, 0.25) is 0 Å². The topological polar surface area (TPSA) is 101 Å². The van der Waals surface area contributed by atoms with Gasteiger partial charge in [-0.1, -0.05) is 30.3 Å². The van der Waals surface area contributed by atoms with E-state index in [1.807, 2.05) is 55.5 Å². The monoisotopic (exact) mass is 379 g/mol. The molecule has 0 saturated carbocycles. The van der Waals surface area contributed by atoms with Gasteiger partial charge in [0.1, 0.15) is 12.3 Å². The van der Waals surface area contributed by atoms with Crippen molar-refractivity contribution in [2.45, 2.75) is 20.5 Å². The molecule has 8 nitrogen and oxygen atoms in total. The number of benzene rings is 2. The molecule has 28 heavy (non-hydrogen) atoms. The van der Waals surface area contributed by atoms with Gasteiger partial charge in [-0.05, 0) is 43.2 Å². The van der Waals surface area contributed by atoms with Gasteiger partial charge < -0.3 is 9.47 Å². The fourth-order valence-electron chi connectivity index (χ4n) is 2.34. The van der Waals surface area contributed by atoms with Crippen molar-refractivity contribution in [1.82, 2.24) is 15.2 Å². The quantitative estimate of drug-likeness (QED) is 0.461. The van der Waals surface area contributed by atoms with E-state index in [1.165, 1.54) is 0 Å². The highest BCUT2D eigenvalue weighted by atomic mass is 16.5. The highest BCUT2D eigenvalue weighted by molar-refractivity contribution is 5.81. The standard InChI is InChI=1S/C20H21N5O3/c1-3-27-18-11-16(12-21-24-20-22-19(26)14(2)23-25-20)9-10-17(18)28-13-15-7-5-4-6-8-15/h4-12H,3,13H2,1-2H3,(H2,22,24,25,26)/b21-12-. The zero-order valence-corrected chi connectivity index (χ0v) is 15.7. The first-order chi connectivity index (χ1) is 13.7. The molecule has 1 heterocycles. The lowest BCUT2D eigenvalue weighted by molar-refractivity contribution is 0.269. The van der Waals surface area contributed by atoms with E-state index in [2.05, 4.69) is 25.7 Å². The number of nitrogens with zero attached hydrogens (tertiary/aromatic N) is 3. The lowest BCUT2D eigenvalue weighted by Crippen LogP contribution is -2.15. The van der Waals surface area contributed by atoms with Crippen molar-refractivity contribution in [3.05, 3.63) is 75.7 Å². The average molecular weight is 379 g/mol. The normalized spacial score (nSPS) is 10.8. The van der Waals surface area contributed by atoms with Crippen LogP contribution in [-0.2, 0) is 6.61 Å². The van der Waals surface area contributed by atoms with E-state index in [9.17, 15) is 4.79 Å². The summed E-state index contributed by atoms with van der Waals surface area (Å²) in [6.45, 7) is 4.46. The molecule has 0 amide bonds. The number of nitrogens with one attached hydrogen (secondary N) is 2. The molecular formula is C20H21N5O3. The van der Waals surface area contributed by atoms with Crippen molar-refractivity contribution >= 4 is 12.2 Å². The second kappa shape index (κ2) is 9.31. The van der Waals surface area contributed by atoms with Gasteiger partial charge in [0.25, 0.3) is 5.56 Å². The molecule has 0 fully saturated rings. The lowest BCUT2D eigenvalue weighted by Gasteiger charge is -2.12. The number of anilines is 1. The summed E-state index contributed by atoms with van der Waals surface area (Å²) in [6.07, 6.45) is 1.59. The van der Waals surface area contributed by atoms with E-state index in [0.29, 0.717) is 30.4 Å². The van der Waals surface area contributed by atoms with Gasteiger partial charge in [0.2, 0.25) is 5.95 Å². The first-order valence-electron chi connectivity index (χ1n) is 8.82. The molecule has 0 atom stereocenters. The minimum absolute atomic E-state index is 0.166. The molecule has 8 heteroatoms. The van der Waals surface area contributed by atoms with Gasteiger partial charge in [0.15, 0.2) is 11.5 Å². The molecule has 0 spiro atoms. The van der Waals surface area contributed by atoms with Gasteiger partial charge in [-0.15, -0.1) is 10.2 Å². The summed E-state index contributed by atoms with van der Waals surface area (Å²) in [4.78, 5) is 14.0. The van der Waals surface area contributed by atoms with Crippen LogP contribution >= 0.6 is 0 Å². The van der Waals surface area contributed by atoms with Crippen molar-refractivity contribution < 1.29 is 9.47 Å². The summed E-state index contributed by atoms with van der Waals surface area (Å²) >= 11 is 0. The number of hydrazone groups is 1. The summed E-state index contributed by atoms with van der Waals surface area (Å²) in [5.74, 6) is 1.45. The molecule has 0 bridgehead atoms. The summed E-state index contributed by atoms with van der Waals surface area (Å²) < 4.78 is 11.6. The Hall–Kier alpha value is -3.68. The first-order valence-corrected chi connectivity index (χ1v) is 8.82. The number of hydrogen-bond acceptors (Lipinski definition) is 7. The highest BCUT2D eigenvalue weighted by Crippen LogP contribution is 2.28. The molecule has 0 radical (unpaired) electrons. The third-order valence-corrected chi connectivity index (χ3v) is 3.75. The Morgan fingerprint density at radius 3 is 2.68 bits per heavy atom. The summed E-state index contributed by atoms with van der Waals surface area (Å²) in [7, 11) is 0. The minimum Gasteiger partial charge on any atom is -0.490 e. The van der Waals surface area contributed by atoms with Crippen molar-refractivity contribution in [3.63, 3.8) is 0 Å². The minimum atomic E-state index is -0.314. The largest absolute Gasteiger partial charge is 0.490 e. The molecule has 0 unspecified atom stereocenters. The molecule has 0 aliphatic carbocycles. The third-order valence-electron chi connectivity index (χ3n) is 3.75. The maximum Gasteiger partial charge on any atom is 0.274 e. The molecule has 2 N–H and O–H groups in total. The number of hydrogen-bond donors (Lipinski definition) is 2. The van der Waals surface area contributed by atoms with Gasteiger partial charge in [-0.25, -0.2) is 5.43 Å². The van der Waals surface area contributed by atoms with Gasteiger partial charge in [0, 0.05) is 0 Å². The van der Waals surface area contributed by atoms with Crippen molar-refractivity contribution in [1.29, 1.82) is 0 Å². The third kappa shape index (κ3) is 5.16. The highest BCUT2D eigenvalue weighted by Gasteiger charge is 2.06. The van der Waals surface area contributed by atoms with E-state index >= 15 is 0 Å². The molecular weight excluding hydrogens is 358 g/mol. The number of aromatic amines is 1. The second-order valence-electron chi connectivity index (χ2n) is 5.87. The smallest absolute Gasteiger partial charge is 0.274 e. The van der Waals surface area contributed by atoms with E-state index in [0.717, 1.165) is 11.1 Å². The number of rotatable bonds is 8. The van der Waals surface area contributed by atoms with Gasteiger partial charge in [-0.3, -0.25) is 9.78 Å². The second-order valence-corrected chi connectivity index (χ2v) is 5.87. The Kier molecular flexibility index (Phi) is 6.35. The van der Waals surface area contributed by atoms with Crippen LogP contribution in [0.3, 0.4) is 0 Å². The van der Waals surface area contributed by atoms with Crippen LogP contribution in [0.5, 0.6) is 11.5 Å². The maximum absolute atomic E-state index is 11.5. The molecule has 0 aliphatic heterocycles. The van der Waals surface area contributed by atoms with Crippen molar-refractivity contribution in [3.8, 4) is 11.5 Å². The molecule has 3 aromatic rings. The average Bonchev–Trinajstić information content (AvgIpc) is 2.71. The number of aryl methyl sites for hydroxylation is 1. The zero-order valence-electron chi connectivity index (χ0n) is 15.7. The number of aromatic nitrogens is 3. The lowest BCUT2D eigenvalue weighted by atomic mass is 10.2. The Morgan fingerprint density at radius 1 is 1.11 bits per heavy atom.